The maximum Gasteiger partial charge on any atom is 0.317 e. The molecular weight excluding hydrogens is 220 g/mol. The first-order chi connectivity index (χ1) is 7.91. The Bertz CT molecular complexity index is 289. The molecule has 0 radical (unpaired) electrons. The average molecular weight is 242 g/mol. The van der Waals surface area contributed by atoms with E-state index in [2.05, 4.69) is 5.32 Å². The van der Waals surface area contributed by atoms with E-state index in [0.717, 1.165) is 6.54 Å². The summed E-state index contributed by atoms with van der Waals surface area (Å²) in [7, 11) is 1.76. The van der Waals surface area contributed by atoms with Gasteiger partial charge in [0.25, 0.3) is 0 Å². The number of rotatable bonds is 5. The first-order valence-electron chi connectivity index (χ1n) is 6.16. The van der Waals surface area contributed by atoms with Gasteiger partial charge in [0.05, 0.1) is 5.92 Å². The normalized spacial score (nSPS) is 19.0. The van der Waals surface area contributed by atoms with Crippen molar-refractivity contribution in [2.75, 3.05) is 13.6 Å². The van der Waals surface area contributed by atoms with E-state index in [1.54, 1.807) is 25.8 Å². The van der Waals surface area contributed by atoms with Crippen LogP contribution in [-0.2, 0) is 4.79 Å². The molecule has 98 valence electrons. The molecule has 2 unspecified atom stereocenters. The van der Waals surface area contributed by atoms with E-state index >= 15 is 0 Å². The topological polar surface area (TPSA) is 69.6 Å². The fourth-order valence-corrected chi connectivity index (χ4v) is 1.79. The summed E-state index contributed by atoms with van der Waals surface area (Å²) < 4.78 is 0. The van der Waals surface area contributed by atoms with Crippen LogP contribution in [0.1, 0.15) is 33.1 Å². The summed E-state index contributed by atoms with van der Waals surface area (Å²) in [5, 5.41) is 11.6. The molecule has 0 aromatic rings. The van der Waals surface area contributed by atoms with Gasteiger partial charge in [0.2, 0.25) is 0 Å². The minimum Gasteiger partial charge on any atom is -0.481 e. The molecule has 1 aliphatic carbocycles. The number of nitrogens with one attached hydrogen (secondary N) is 1. The van der Waals surface area contributed by atoms with E-state index in [4.69, 9.17) is 5.11 Å². The third-order valence-corrected chi connectivity index (χ3v) is 3.59. The molecule has 0 heterocycles. The molecule has 0 saturated heterocycles. The van der Waals surface area contributed by atoms with Crippen molar-refractivity contribution in [1.82, 2.24) is 10.2 Å². The van der Waals surface area contributed by atoms with Gasteiger partial charge in [-0.15, -0.1) is 0 Å². The number of hydrogen-bond donors (Lipinski definition) is 2. The predicted molar refractivity (Wildman–Crippen MR) is 64.8 cm³/mol. The fraction of sp³-hybridized carbons (Fsp3) is 0.833. The number of carboxylic acid groups (broad SMARTS) is 1. The van der Waals surface area contributed by atoms with Crippen molar-refractivity contribution >= 4 is 12.0 Å². The molecule has 1 rings (SSSR count). The molecule has 5 heteroatoms. The molecule has 0 aromatic carbocycles. The van der Waals surface area contributed by atoms with E-state index < -0.39 is 11.9 Å². The highest BCUT2D eigenvalue weighted by atomic mass is 16.4. The maximum absolute atomic E-state index is 11.8. The Hall–Kier alpha value is -1.26. The van der Waals surface area contributed by atoms with Gasteiger partial charge in [-0.2, -0.15) is 0 Å². The van der Waals surface area contributed by atoms with Crippen molar-refractivity contribution in [3.63, 3.8) is 0 Å². The van der Waals surface area contributed by atoms with Gasteiger partial charge in [-0.25, -0.2) is 4.79 Å². The van der Waals surface area contributed by atoms with Gasteiger partial charge in [-0.1, -0.05) is 6.42 Å². The summed E-state index contributed by atoms with van der Waals surface area (Å²) >= 11 is 0. The van der Waals surface area contributed by atoms with E-state index in [1.807, 2.05) is 0 Å². The number of amides is 2. The van der Waals surface area contributed by atoms with E-state index in [-0.39, 0.29) is 12.1 Å². The van der Waals surface area contributed by atoms with Gasteiger partial charge in [0, 0.05) is 19.6 Å². The molecule has 5 nitrogen and oxygen atoms in total. The first kappa shape index (κ1) is 13.8. The maximum atomic E-state index is 11.8. The second kappa shape index (κ2) is 5.89. The highest BCUT2D eigenvalue weighted by Gasteiger charge is 2.24. The lowest BCUT2D eigenvalue weighted by Crippen LogP contribution is -2.47. The fourth-order valence-electron chi connectivity index (χ4n) is 1.79. The summed E-state index contributed by atoms with van der Waals surface area (Å²) in [4.78, 5) is 24.2. The van der Waals surface area contributed by atoms with Crippen molar-refractivity contribution in [3.8, 4) is 0 Å². The zero-order valence-electron chi connectivity index (χ0n) is 10.8. The number of urea groups is 1. The second-order valence-electron chi connectivity index (χ2n) is 5.04. The van der Waals surface area contributed by atoms with Crippen LogP contribution in [0.4, 0.5) is 4.79 Å². The number of nitrogens with zero attached hydrogens (tertiary/aromatic N) is 1. The third-order valence-electron chi connectivity index (χ3n) is 3.59. The number of carbonyl (C=O) groups is 2. The first-order valence-corrected chi connectivity index (χ1v) is 6.16. The van der Waals surface area contributed by atoms with E-state index in [0.29, 0.717) is 5.92 Å². The number of carbonyl (C=O) groups excluding carboxylic acids is 1. The standard InChI is InChI=1S/C12H22N2O3/c1-8(11(15)16)9(2)13-12(17)14(3)7-10-5-4-6-10/h8-10H,4-7H2,1-3H3,(H,13,17)(H,15,16). The van der Waals surface area contributed by atoms with Gasteiger partial charge in [0.1, 0.15) is 0 Å². The van der Waals surface area contributed by atoms with Crippen LogP contribution in [0.2, 0.25) is 0 Å². The quantitative estimate of drug-likeness (QED) is 0.768. The summed E-state index contributed by atoms with van der Waals surface area (Å²) in [5.74, 6) is -0.839. The van der Waals surface area contributed by atoms with Crippen LogP contribution < -0.4 is 5.32 Å². The Kier molecular flexibility index (Phi) is 4.78. The van der Waals surface area contributed by atoms with Crippen LogP contribution >= 0.6 is 0 Å². The van der Waals surface area contributed by atoms with Crippen LogP contribution in [0.3, 0.4) is 0 Å². The second-order valence-corrected chi connectivity index (χ2v) is 5.04. The lowest BCUT2D eigenvalue weighted by molar-refractivity contribution is -0.141. The highest BCUT2D eigenvalue weighted by Crippen LogP contribution is 2.26. The van der Waals surface area contributed by atoms with Gasteiger partial charge in [-0.3, -0.25) is 4.79 Å². The zero-order valence-corrected chi connectivity index (χ0v) is 10.8. The van der Waals surface area contributed by atoms with Gasteiger partial charge >= 0.3 is 12.0 Å². The van der Waals surface area contributed by atoms with Crippen LogP contribution in [-0.4, -0.2) is 41.6 Å². The minimum atomic E-state index is -0.889. The largest absolute Gasteiger partial charge is 0.481 e. The van der Waals surface area contributed by atoms with Crippen molar-refractivity contribution in [2.24, 2.45) is 11.8 Å². The summed E-state index contributed by atoms with van der Waals surface area (Å²) in [6.45, 7) is 4.08. The van der Waals surface area contributed by atoms with Crippen LogP contribution in [0.5, 0.6) is 0 Å². The summed E-state index contributed by atoms with van der Waals surface area (Å²) in [6, 6.07) is -0.540. The molecule has 1 aliphatic rings. The Morgan fingerprint density at radius 3 is 2.41 bits per heavy atom. The highest BCUT2D eigenvalue weighted by molar-refractivity contribution is 5.76. The molecule has 2 amide bonds. The number of hydrogen-bond acceptors (Lipinski definition) is 2. The molecule has 0 spiro atoms. The smallest absolute Gasteiger partial charge is 0.317 e. The number of carboxylic acids is 1. The Labute approximate surface area is 102 Å². The number of aliphatic carboxylic acids is 1. The van der Waals surface area contributed by atoms with Crippen molar-refractivity contribution in [2.45, 2.75) is 39.2 Å². The predicted octanol–water partition coefficient (Wildman–Crippen LogP) is 1.54. The van der Waals surface area contributed by atoms with Gasteiger partial charge in [-0.05, 0) is 32.6 Å². The molecule has 1 fully saturated rings. The monoisotopic (exact) mass is 242 g/mol. The molecule has 17 heavy (non-hydrogen) atoms. The van der Waals surface area contributed by atoms with Crippen molar-refractivity contribution in [3.05, 3.63) is 0 Å². The summed E-state index contributed by atoms with van der Waals surface area (Å²) in [5.41, 5.74) is 0. The lowest BCUT2D eigenvalue weighted by atomic mass is 9.85. The molecule has 2 N–H and O–H groups in total. The Balaban J connectivity index is 2.33. The van der Waals surface area contributed by atoms with Crippen molar-refractivity contribution < 1.29 is 14.7 Å². The minimum absolute atomic E-state index is 0.183. The Morgan fingerprint density at radius 2 is 2.00 bits per heavy atom. The molecule has 2 atom stereocenters. The lowest BCUT2D eigenvalue weighted by Gasteiger charge is -2.31. The molecule has 0 aliphatic heterocycles. The SMILES string of the molecule is CC(NC(=O)N(C)CC1CCC1)C(C)C(=O)O. The third kappa shape index (κ3) is 3.91. The van der Waals surface area contributed by atoms with Crippen LogP contribution in [0, 0.1) is 11.8 Å². The van der Waals surface area contributed by atoms with Crippen molar-refractivity contribution in [1.29, 1.82) is 0 Å². The molecule has 1 saturated carbocycles. The molecule has 0 aromatic heterocycles. The summed E-state index contributed by atoms with van der Waals surface area (Å²) in [6.07, 6.45) is 3.64. The van der Waals surface area contributed by atoms with Gasteiger partial charge < -0.3 is 15.3 Å². The van der Waals surface area contributed by atoms with E-state index in [9.17, 15) is 9.59 Å². The average Bonchev–Trinajstić information content (AvgIpc) is 2.21. The molecule has 0 bridgehead atoms. The Morgan fingerprint density at radius 1 is 1.41 bits per heavy atom. The van der Waals surface area contributed by atoms with Gasteiger partial charge in [0.15, 0.2) is 0 Å². The van der Waals surface area contributed by atoms with Crippen LogP contribution in [0.15, 0.2) is 0 Å². The van der Waals surface area contributed by atoms with E-state index in [1.165, 1.54) is 19.3 Å². The van der Waals surface area contributed by atoms with Crippen LogP contribution in [0.25, 0.3) is 0 Å². The molecular formula is C12H22N2O3. The zero-order chi connectivity index (χ0) is 13.0.